The molecule has 26 heavy (non-hydrogen) atoms. The number of carboxylic acids is 1. The maximum Gasteiger partial charge on any atom is 0.317 e. The molecule has 0 amide bonds. The number of sulfonamides is 1. The van der Waals surface area contributed by atoms with Crippen LogP contribution >= 0.6 is 0 Å². The Balaban J connectivity index is 1.95. The van der Waals surface area contributed by atoms with E-state index in [2.05, 4.69) is 0 Å². The van der Waals surface area contributed by atoms with Crippen LogP contribution in [0.1, 0.15) is 25.3 Å². The number of methoxy groups -OCH3 is 1. The molecular weight excluding hydrogens is 356 g/mol. The molecule has 1 aliphatic heterocycles. The van der Waals surface area contributed by atoms with Crippen LogP contribution in [0, 0.1) is 0 Å². The summed E-state index contributed by atoms with van der Waals surface area (Å²) in [6.45, 7) is 3.16. The summed E-state index contributed by atoms with van der Waals surface area (Å²) in [5, 5.41) is 9.23. The van der Waals surface area contributed by atoms with E-state index in [-0.39, 0.29) is 18.3 Å². The van der Waals surface area contributed by atoms with Crippen molar-refractivity contribution in [3.8, 4) is 5.75 Å². The molecule has 1 aromatic carbocycles. The molecule has 1 aromatic rings. The minimum Gasteiger partial charge on any atom is -0.497 e. The second-order valence-corrected chi connectivity index (χ2v) is 8.75. The normalized spacial score (nSPS) is 16.7. The molecule has 0 bridgehead atoms. The number of benzene rings is 1. The third-order valence-electron chi connectivity index (χ3n) is 4.88. The summed E-state index contributed by atoms with van der Waals surface area (Å²) in [4.78, 5) is 13.2. The lowest BCUT2D eigenvalue weighted by atomic mass is 10.0. The van der Waals surface area contributed by atoms with E-state index in [1.807, 2.05) is 29.2 Å². The van der Waals surface area contributed by atoms with Crippen molar-refractivity contribution in [3.05, 3.63) is 29.8 Å². The number of carboxylic acid groups (broad SMARTS) is 1. The zero-order valence-corrected chi connectivity index (χ0v) is 16.2. The Morgan fingerprint density at radius 3 is 2.38 bits per heavy atom. The Morgan fingerprint density at radius 2 is 1.88 bits per heavy atom. The van der Waals surface area contributed by atoms with Gasteiger partial charge in [-0.15, -0.1) is 0 Å². The van der Waals surface area contributed by atoms with E-state index in [4.69, 9.17) is 4.74 Å². The maximum atomic E-state index is 12.0. The first-order valence-electron chi connectivity index (χ1n) is 8.92. The molecule has 0 radical (unpaired) electrons. The van der Waals surface area contributed by atoms with Crippen molar-refractivity contribution < 1.29 is 23.1 Å². The Hall–Kier alpha value is -1.64. The molecule has 0 spiro atoms. The lowest BCUT2D eigenvalue weighted by Crippen LogP contribution is -2.48. The quantitative estimate of drug-likeness (QED) is 0.693. The van der Waals surface area contributed by atoms with Gasteiger partial charge in [0, 0.05) is 25.7 Å². The highest BCUT2D eigenvalue weighted by atomic mass is 32.2. The van der Waals surface area contributed by atoms with Gasteiger partial charge >= 0.3 is 5.97 Å². The SMILES string of the molecule is CCS(=O)(=O)N1CCC(N(CCc2ccc(OC)cc2)CC(=O)O)CC1. The number of ether oxygens (including phenoxy) is 1. The van der Waals surface area contributed by atoms with Crippen molar-refractivity contribution in [1.82, 2.24) is 9.21 Å². The number of aliphatic carboxylic acids is 1. The largest absolute Gasteiger partial charge is 0.497 e. The average Bonchev–Trinajstić information content (AvgIpc) is 2.65. The molecule has 1 fully saturated rings. The summed E-state index contributed by atoms with van der Waals surface area (Å²) in [5.41, 5.74) is 1.12. The second kappa shape index (κ2) is 9.34. The smallest absolute Gasteiger partial charge is 0.317 e. The number of nitrogens with zero attached hydrogens (tertiary/aromatic N) is 2. The number of hydrogen-bond acceptors (Lipinski definition) is 5. The maximum absolute atomic E-state index is 12.0. The van der Waals surface area contributed by atoms with Gasteiger partial charge in [-0.25, -0.2) is 12.7 Å². The standard InChI is InChI=1S/C18H28N2O5S/c1-3-26(23,24)20-12-9-16(10-13-20)19(14-18(21)22)11-8-15-4-6-17(25-2)7-5-15/h4-7,16H,3,8-14H2,1-2H3,(H,21,22). The van der Waals surface area contributed by atoms with Gasteiger partial charge in [0.2, 0.25) is 10.0 Å². The topological polar surface area (TPSA) is 87.2 Å². The second-order valence-electron chi connectivity index (χ2n) is 6.49. The van der Waals surface area contributed by atoms with Gasteiger partial charge in [-0.1, -0.05) is 12.1 Å². The van der Waals surface area contributed by atoms with Crippen LogP contribution in [0.4, 0.5) is 0 Å². The molecule has 1 N–H and O–H groups in total. The molecule has 0 saturated carbocycles. The Labute approximate surface area is 155 Å². The molecule has 0 aliphatic carbocycles. The number of carbonyl (C=O) groups is 1. The first-order chi connectivity index (χ1) is 12.4. The highest BCUT2D eigenvalue weighted by Crippen LogP contribution is 2.20. The van der Waals surface area contributed by atoms with Crippen molar-refractivity contribution >= 4 is 16.0 Å². The number of piperidine rings is 1. The first kappa shape index (κ1) is 20.7. The fraction of sp³-hybridized carbons (Fsp3) is 0.611. The highest BCUT2D eigenvalue weighted by Gasteiger charge is 2.30. The molecule has 7 nitrogen and oxygen atoms in total. The molecule has 1 heterocycles. The van der Waals surface area contributed by atoms with Crippen LogP contribution in [0.2, 0.25) is 0 Å². The minimum absolute atomic E-state index is 0.0264. The molecule has 0 unspecified atom stereocenters. The highest BCUT2D eigenvalue weighted by molar-refractivity contribution is 7.89. The minimum atomic E-state index is -3.17. The first-order valence-corrected chi connectivity index (χ1v) is 10.5. The fourth-order valence-corrected chi connectivity index (χ4v) is 4.43. The zero-order chi connectivity index (χ0) is 19.2. The number of hydrogen-bond donors (Lipinski definition) is 1. The van der Waals surface area contributed by atoms with Gasteiger partial charge in [-0.05, 0) is 43.9 Å². The number of rotatable bonds is 9. The third kappa shape index (κ3) is 5.69. The summed E-state index contributed by atoms with van der Waals surface area (Å²) >= 11 is 0. The van der Waals surface area contributed by atoms with Crippen molar-refractivity contribution in [3.63, 3.8) is 0 Å². The van der Waals surface area contributed by atoms with Crippen LogP contribution in [0.5, 0.6) is 5.75 Å². The lowest BCUT2D eigenvalue weighted by Gasteiger charge is -2.37. The van der Waals surface area contributed by atoms with Gasteiger partial charge in [0.05, 0.1) is 19.4 Å². The van der Waals surface area contributed by atoms with Crippen molar-refractivity contribution in [2.75, 3.05) is 39.0 Å². The molecule has 2 rings (SSSR count). The van der Waals surface area contributed by atoms with Crippen LogP contribution in [0.3, 0.4) is 0 Å². The van der Waals surface area contributed by atoms with Gasteiger partial charge in [0.1, 0.15) is 5.75 Å². The zero-order valence-electron chi connectivity index (χ0n) is 15.4. The van der Waals surface area contributed by atoms with Crippen molar-refractivity contribution in [1.29, 1.82) is 0 Å². The van der Waals surface area contributed by atoms with Crippen LogP contribution in [-0.4, -0.2) is 73.8 Å². The summed E-state index contributed by atoms with van der Waals surface area (Å²) < 4.78 is 30.6. The Kier molecular flexibility index (Phi) is 7.43. The van der Waals surface area contributed by atoms with Crippen LogP contribution < -0.4 is 4.74 Å². The average molecular weight is 384 g/mol. The van der Waals surface area contributed by atoms with E-state index in [1.165, 1.54) is 4.31 Å². The summed E-state index contributed by atoms with van der Waals surface area (Å²) in [6.07, 6.45) is 2.06. The van der Waals surface area contributed by atoms with E-state index in [0.717, 1.165) is 17.7 Å². The van der Waals surface area contributed by atoms with E-state index in [0.29, 0.717) is 32.5 Å². The molecule has 1 aliphatic rings. The van der Waals surface area contributed by atoms with E-state index in [1.54, 1.807) is 14.0 Å². The van der Waals surface area contributed by atoms with Crippen LogP contribution in [-0.2, 0) is 21.2 Å². The van der Waals surface area contributed by atoms with Crippen LogP contribution in [0.25, 0.3) is 0 Å². The van der Waals surface area contributed by atoms with Gasteiger partial charge in [-0.2, -0.15) is 0 Å². The molecule has 0 atom stereocenters. The Bertz CT molecular complexity index is 682. The molecule has 0 aromatic heterocycles. The molecule has 8 heteroatoms. The summed E-state index contributed by atoms with van der Waals surface area (Å²) in [7, 11) is -1.55. The Morgan fingerprint density at radius 1 is 1.27 bits per heavy atom. The summed E-state index contributed by atoms with van der Waals surface area (Å²) in [6, 6.07) is 7.84. The fourth-order valence-electron chi connectivity index (χ4n) is 3.30. The summed E-state index contributed by atoms with van der Waals surface area (Å²) in [5.74, 6) is 0.0394. The van der Waals surface area contributed by atoms with Gasteiger partial charge < -0.3 is 9.84 Å². The van der Waals surface area contributed by atoms with E-state index < -0.39 is 16.0 Å². The van der Waals surface area contributed by atoms with Gasteiger partial charge in [0.15, 0.2) is 0 Å². The van der Waals surface area contributed by atoms with Crippen molar-refractivity contribution in [2.24, 2.45) is 0 Å². The third-order valence-corrected chi connectivity index (χ3v) is 6.76. The lowest BCUT2D eigenvalue weighted by molar-refractivity contribution is -0.139. The monoisotopic (exact) mass is 384 g/mol. The van der Waals surface area contributed by atoms with E-state index >= 15 is 0 Å². The van der Waals surface area contributed by atoms with Gasteiger partial charge in [0.25, 0.3) is 0 Å². The molecule has 1 saturated heterocycles. The van der Waals surface area contributed by atoms with Crippen molar-refractivity contribution in [2.45, 2.75) is 32.2 Å². The van der Waals surface area contributed by atoms with Crippen LogP contribution in [0.15, 0.2) is 24.3 Å². The van der Waals surface area contributed by atoms with E-state index in [9.17, 15) is 18.3 Å². The molecule has 146 valence electrons. The predicted molar refractivity (Wildman–Crippen MR) is 100.0 cm³/mol. The van der Waals surface area contributed by atoms with Gasteiger partial charge in [-0.3, -0.25) is 9.69 Å². The molecular formula is C18H28N2O5S. The predicted octanol–water partition coefficient (Wildman–Crippen LogP) is 1.44.